The highest BCUT2D eigenvalue weighted by Crippen LogP contribution is 2.31. The highest BCUT2D eigenvalue weighted by atomic mass is 16.4. The summed E-state index contributed by atoms with van der Waals surface area (Å²) in [6.07, 6.45) is 4.94. The van der Waals surface area contributed by atoms with Gasteiger partial charge in [-0.15, -0.1) is 0 Å². The number of carbonyl (C=O) groups excluding carboxylic acids is 1. The molecule has 0 saturated heterocycles. The van der Waals surface area contributed by atoms with Gasteiger partial charge in [-0.25, -0.2) is 0 Å². The van der Waals surface area contributed by atoms with Crippen LogP contribution in [0, 0.1) is 18.8 Å². The average Bonchev–Trinajstić information content (AvgIpc) is 2.77. The molecule has 21 heavy (non-hydrogen) atoms. The fraction of sp³-hybridized carbons (Fsp3) is 0.667. The lowest BCUT2D eigenvalue weighted by molar-refractivity contribution is -0.149. The summed E-state index contributed by atoms with van der Waals surface area (Å²) < 4.78 is 1.72. The molecule has 1 aliphatic carbocycles. The van der Waals surface area contributed by atoms with Crippen molar-refractivity contribution < 1.29 is 14.7 Å². The molecule has 0 bridgehead atoms. The van der Waals surface area contributed by atoms with E-state index < -0.39 is 17.8 Å². The predicted octanol–water partition coefficient (Wildman–Crippen LogP) is 1.80. The molecule has 3 atom stereocenters. The summed E-state index contributed by atoms with van der Waals surface area (Å²) in [6.45, 7) is 3.80. The summed E-state index contributed by atoms with van der Waals surface area (Å²) in [4.78, 5) is 23.7. The molecule has 1 aromatic heterocycles. The van der Waals surface area contributed by atoms with Crippen molar-refractivity contribution in [2.24, 2.45) is 18.9 Å². The Hall–Kier alpha value is -1.85. The maximum atomic E-state index is 12.4. The summed E-state index contributed by atoms with van der Waals surface area (Å²) in [5, 5.41) is 16.5. The van der Waals surface area contributed by atoms with Crippen molar-refractivity contribution in [3.05, 3.63) is 17.5 Å². The lowest BCUT2D eigenvalue weighted by Gasteiger charge is -2.28. The Balaban J connectivity index is 2.06. The van der Waals surface area contributed by atoms with Crippen LogP contribution >= 0.6 is 0 Å². The van der Waals surface area contributed by atoms with Gasteiger partial charge in [0.1, 0.15) is 0 Å². The van der Waals surface area contributed by atoms with Crippen LogP contribution in [0.25, 0.3) is 0 Å². The predicted molar refractivity (Wildman–Crippen MR) is 77.6 cm³/mol. The lowest BCUT2D eigenvalue weighted by Crippen LogP contribution is -2.40. The number of carbonyl (C=O) groups is 2. The van der Waals surface area contributed by atoms with E-state index in [2.05, 4.69) is 10.4 Å². The minimum atomic E-state index is -0.861. The quantitative estimate of drug-likeness (QED) is 0.886. The second-order valence-corrected chi connectivity index (χ2v) is 5.91. The monoisotopic (exact) mass is 293 g/mol. The van der Waals surface area contributed by atoms with Gasteiger partial charge in [0.05, 0.1) is 23.6 Å². The third-order valence-corrected chi connectivity index (χ3v) is 4.30. The first kappa shape index (κ1) is 15.5. The van der Waals surface area contributed by atoms with Crippen LogP contribution in [0.2, 0.25) is 0 Å². The highest BCUT2D eigenvalue weighted by molar-refractivity contribution is 5.85. The zero-order valence-electron chi connectivity index (χ0n) is 12.8. The van der Waals surface area contributed by atoms with Gasteiger partial charge >= 0.3 is 5.97 Å². The smallest absolute Gasteiger partial charge is 0.307 e. The molecule has 1 amide bonds. The van der Waals surface area contributed by atoms with Gasteiger partial charge in [-0.1, -0.05) is 12.8 Å². The van der Waals surface area contributed by atoms with Crippen molar-refractivity contribution >= 4 is 11.9 Å². The number of aromatic nitrogens is 2. The Morgan fingerprint density at radius 1 is 1.38 bits per heavy atom. The second-order valence-electron chi connectivity index (χ2n) is 5.91. The molecule has 1 fully saturated rings. The Morgan fingerprint density at radius 3 is 2.52 bits per heavy atom. The molecule has 6 heteroatoms. The molecule has 2 N–H and O–H groups in total. The SMILES string of the molecule is Cc1nn(C)cc1[C@@H](C)NC(=O)[C@@H]1CCCC[C@@H]1C(=O)O. The van der Waals surface area contributed by atoms with Crippen LogP contribution in [0.5, 0.6) is 0 Å². The van der Waals surface area contributed by atoms with Crippen LogP contribution in [0.4, 0.5) is 0 Å². The van der Waals surface area contributed by atoms with E-state index in [4.69, 9.17) is 0 Å². The number of nitrogens with zero attached hydrogens (tertiary/aromatic N) is 2. The molecule has 0 unspecified atom stereocenters. The van der Waals surface area contributed by atoms with Gasteiger partial charge in [0, 0.05) is 18.8 Å². The molecule has 0 radical (unpaired) electrons. The number of carboxylic acids is 1. The van der Waals surface area contributed by atoms with Gasteiger partial charge in [0.25, 0.3) is 0 Å². The minimum Gasteiger partial charge on any atom is -0.481 e. The third-order valence-electron chi connectivity index (χ3n) is 4.30. The van der Waals surface area contributed by atoms with Gasteiger partial charge in [-0.3, -0.25) is 14.3 Å². The van der Waals surface area contributed by atoms with E-state index in [9.17, 15) is 14.7 Å². The van der Waals surface area contributed by atoms with Gasteiger partial charge in [0.2, 0.25) is 5.91 Å². The first-order chi connectivity index (χ1) is 9.90. The van der Waals surface area contributed by atoms with Gasteiger partial charge < -0.3 is 10.4 Å². The van der Waals surface area contributed by atoms with Gasteiger partial charge in [-0.2, -0.15) is 5.10 Å². The average molecular weight is 293 g/mol. The fourth-order valence-electron chi connectivity index (χ4n) is 3.18. The van der Waals surface area contributed by atoms with E-state index in [-0.39, 0.29) is 11.9 Å². The number of aliphatic carboxylic acids is 1. The molecule has 116 valence electrons. The van der Waals surface area contributed by atoms with Crippen LogP contribution in [0.3, 0.4) is 0 Å². The summed E-state index contributed by atoms with van der Waals surface area (Å²) in [5.41, 5.74) is 1.84. The Kier molecular flexibility index (Phi) is 4.65. The fourth-order valence-corrected chi connectivity index (χ4v) is 3.18. The standard InChI is InChI=1S/C15H23N3O3/c1-9(13-8-18(3)17-10(13)2)16-14(19)11-6-4-5-7-12(11)15(20)21/h8-9,11-12H,4-7H2,1-3H3,(H,16,19)(H,20,21)/t9-,11-,12+/m1/s1. The summed E-state index contributed by atoms with van der Waals surface area (Å²) in [5.74, 6) is -1.99. The highest BCUT2D eigenvalue weighted by Gasteiger charge is 2.36. The number of rotatable bonds is 4. The molecule has 1 aliphatic rings. The number of hydrogen-bond acceptors (Lipinski definition) is 3. The summed E-state index contributed by atoms with van der Waals surface area (Å²) >= 11 is 0. The van der Waals surface area contributed by atoms with Crippen molar-refractivity contribution in [2.75, 3.05) is 0 Å². The molecule has 0 aliphatic heterocycles. The molecule has 6 nitrogen and oxygen atoms in total. The number of aryl methyl sites for hydroxylation is 2. The van der Waals surface area contributed by atoms with Crippen molar-refractivity contribution in [1.29, 1.82) is 0 Å². The summed E-state index contributed by atoms with van der Waals surface area (Å²) in [6, 6.07) is -0.164. The van der Waals surface area contributed by atoms with Crippen molar-refractivity contribution in [2.45, 2.75) is 45.6 Å². The van der Waals surface area contributed by atoms with Crippen LogP contribution in [0.1, 0.15) is 49.9 Å². The van der Waals surface area contributed by atoms with E-state index in [0.717, 1.165) is 24.1 Å². The van der Waals surface area contributed by atoms with Gasteiger partial charge in [0.15, 0.2) is 0 Å². The van der Waals surface area contributed by atoms with E-state index in [1.165, 1.54) is 0 Å². The number of nitrogens with one attached hydrogen (secondary N) is 1. The molecule has 1 heterocycles. The zero-order chi connectivity index (χ0) is 15.6. The molecular weight excluding hydrogens is 270 g/mol. The molecule has 2 rings (SSSR count). The van der Waals surface area contributed by atoms with Crippen molar-refractivity contribution in [3.63, 3.8) is 0 Å². The van der Waals surface area contributed by atoms with E-state index >= 15 is 0 Å². The normalized spacial score (nSPS) is 23.6. The lowest BCUT2D eigenvalue weighted by atomic mass is 9.78. The topological polar surface area (TPSA) is 84.2 Å². The number of amides is 1. The molecule has 0 spiro atoms. The summed E-state index contributed by atoms with van der Waals surface area (Å²) in [7, 11) is 1.84. The number of carboxylic acid groups (broad SMARTS) is 1. The van der Waals surface area contributed by atoms with Crippen LogP contribution in [0.15, 0.2) is 6.20 Å². The molecule has 1 saturated carbocycles. The van der Waals surface area contributed by atoms with Crippen LogP contribution < -0.4 is 5.32 Å². The van der Waals surface area contributed by atoms with E-state index in [1.807, 2.05) is 27.1 Å². The molecular formula is C15H23N3O3. The first-order valence-electron chi connectivity index (χ1n) is 7.43. The van der Waals surface area contributed by atoms with Gasteiger partial charge in [-0.05, 0) is 26.7 Å². The molecule has 1 aromatic rings. The largest absolute Gasteiger partial charge is 0.481 e. The second kappa shape index (κ2) is 6.28. The van der Waals surface area contributed by atoms with E-state index in [1.54, 1.807) is 4.68 Å². The minimum absolute atomic E-state index is 0.155. The van der Waals surface area contributed by atoms with Crippen LogP contribution in [-0.2, 0) is 16.6 Å². The molecule has 0 aromatic carbocycles. The maximum absolute atomic E-state index is 12.4. The van der Waals surface area contributed by atoms with E-state index in [0.29, 0.717) is 12.8 Å². The number of hydrogen-bond donors (Lipinski definition) is 2. The zero-order valence-corrected chi connectivity index (χ0v) is 12.8. The first-order valence-corrected chi connectivity index (χ1v) is 7.43. The third kappa shape index (κ3) is 3.43. The Bertz CT molecular complexity index is 538. The maximum Gasteiger partial charge on any atom is 0.307 e. The Morgan fingerprint density at radius 2 is 2.00 bits per heavy atom. The van der Waals surface area contributed by atoms with Crippen molar-refractivity contribution in [1.82, 2.24) is 15.1 Å². The Labute approximate surface area is 124 Å². The van der Waals surface area contributed by atoms with Crippen molar-refractivity contribution in [3.8, 4) is 0 Å². The van der Waals surface area contributed by atoms with Crippen LogP contribution in [-0.4, -0.2) is 26.8 Å².